The standard InChI is InChI=1S/C15H24N4OS/c1-14(2)9-5-6-15(14,3)10(7-9)20-12-8-11(19-16)17-13(18-12)21-4/h8-10H,5-7,16H2,1-4H3,(H,17,18,19). The lowest BCUT2D eigenvalue weighted by Crippen LogP contribution is -2.39. The number of nitrogen functional groups attached to an aromatic ring is 1. The normalized spacial score (nSPS) is 33.2. The fraction of sp³-hybridized carbons (Fsp3) is 0.733. The van der Waals surface area contributed by atoms with Gasteiger partial charge in [-0.2, -0.15) is 4.98 Å². The van der Waals surface area contributed by atoms with Gasteiger partial charge in [0.05, 0.1) is 0 Å². The summed E-state index contributed by atoms with van der Waals surface area (Å²) >= 11 is 1.49. The van der Waals surface area contributed by atoms with E-state index in [1.807, 2.05) is 6.26 Å². The van der Waals surface area contributed by atoms with E-state index in [0.29, 0.717) is 22.3 Å². The number of hydrogen-bond donors (Lipinski definition) is 2. The Hall–Kier alpha value is -1.01. The molecular formula is C15H24N4OS. The summed E-state index contributed by atoms with van der Waals surface area (Å²) in [5.74, 6) is 7.44. The van der Waals surface area contributed by atoms with Crippen LogP contribution >= 0.6 is 11.8 Å². The topological polar surface area (TPSA) is 73.1 Å². The van der Waals surface area contributed by atoms with Gasteiger partial charge in [0.1, 0.15) is 11.9 Å². The van der Waals surface area contributed by atoms with Gasteiger partial charge in [-0.15, -0.1) is 0 Å². The van der Waals surface area contributed by atoms with E-state index < -0.39 is 0 Å². The summed E-state index contributed by atoms with van der Waals surface area (Å²) in [6.07, 6.45) is 5.84. The second-order valence-corrected chi connectivity index (χ2v) is 7.71. The van der Waals surface area contributed by atoms with Crippen molar-refractivity contribution in [1.82, 2.24) is 9.97 Å². The Morgan fingerprint density at radius 3 is 2.67 bits per heavy atom. The van der Waals surface area contributed by atoms with Crippen LogP contribution in [-0.4, -0.2) is 22.3 Å². The predicted octanol–water partition coefficient (Wildman–Crippen LogP) is 3.08. The van der Waals surface area contributed by atoms with Crippen LogP contribution in [0.1, 0.15) is 40.0 Å². The van der Waals surface area contributed by atoms with Crippen LogP contribution in [0.5, 0.6) is 5.88 Å². The number of hydrogen-bond acceptors (Lipinski definition) is 6. The van der Waals surface area contributed by atoms with Crippen LogP contribution in [0.25, 0.3) is 0 Å². The van der Waals surface area contributed by atoms with E-state index in [0.717, 1.165) is 12.3 Å². The quantitative estimate of drug-likeness (QED) is 0.385. The number of nitrogens with one attached hydrogen (secondary N) is 1. The van der Waals surface area contributed by atoms with E-state index in [2.05, 4.69) is 36.2 Å². The molecule has 2 saturated carbocycles. The maximum atomic E-state index is 6.27. The van der Waals surface area contributed by atoms with E-state index >= 15 is 0 Å². The summed E-state index contributed by atoms with van der Waals surface area (Å²) in [6.45, 7) is 7.13. The van der Waals surface area contributed by atoms with Gasteiger partial charge in [-0.25, -0.2) is 10.8 Å². The van der Waals surface area contributed by atoms with Crippen molar-refractivity contribution in [3.8, 4) is 5.88 Å². The molecule has 3 rings (SSSR count). The first-order valence-corrected chi connectivity index (χ1v) is 8.69. The molecule has 2 bridgehead atoms. The van der Waals surface area contributed by atoms with Crippen LogP contribution in [-0.2, 0) is 0 Å². The van der Waals surface area contributed by atoms with Crippen molar-refractivity contribution < 1.29 is 4.74 Å². The molecule has 21 heavy (non-hydrogen) atoms. The number of fused-ring (bicyclic) bond motifs is 2. The second-order valence-electron chi connectivity index (χ2n) is 6.94. The Balaban J connectivity index is 1.85. The second kappa shape index (κ2) is 5.02. The monoisotopic (exact) mass is 308 g/mol. The number of ether oxygens (including phenoxy) is 1. The third-order valence-electron chi connectivity index (χ3n) is 5.99. The fourth-order valence-electron chi connectivity index (χ4n) is 4.08. The summed E-state index contributed by atoms with van der Waals surface area (Å²) < 4.78 is 6.27. The molecule has 1 aromatic rings. The molecule has 116 valence electrons. The molecule has 2 fully saturated rings. The van der Waals surface area contributed by atoms with Crippen molar-refractivity contribution in [2.24, 2.45) is 22.6 Å². The van der Waals surface area contributed by atoms with E-state index in [1.165, 1.54) is 24.6 Å². The lowest BCUT2D eigenvalue weighted by molar-refractivity contribution is 0.0268. The molecule has 0 saturated heterocycles. The molecule has 0 aliphatic heterocycles. The summed E-state index contributed by atoms with van der Waals surface area (Å²) in [4.78, 5) is 8.73. The van der Waals surface area contributed by atoms with Gasteiger partial charge in [-0.3, -0.25) is 0 Å². The van der Waals surface area contributed by atoms with E-state index in [1.54, 1.807) is 6.07 Å². The third-order valence-corrected chi connectivity index (χ3v) is 6.54. The third kappa shape index (κ3) is 2.19. The SMILES string of the molecule is CSc1nc(NN)cc(OC2CC3CCC2(C)C3(C)C)n1. The molecule has 3 unspecified atom stereocenters. The van der Waals surface area contributed by atoms with Crippen molar-refractivity contribution in [3.05, 3.63) is 6.07 Å². The zero-order valence-electron chi connectivity index (χ0n) is 13.1. The maximum absolute atomic E-state index is 6.27. The number of nitrogens with zero attached hydrogens (tertiary/aromatic N) is 2. The Morgan fingerprint density at radius 1 is 1.38 bits per heavy atom. The van der Waals surface area contributed by atoms with Crippen molar-refractivity contribution >= 4 is 17.6 Å². The van der Waals surface area contributed by atoms with Gasteiger partial charge in [0.25, 0.3) is 0 Å². The lowest BCUT2D eigenvalue weighted by Gasteiger charge is -2.38. The number of rotatable bonds is 4. The molecule has 0 aromatic carbocycles. The minimum atomic E-state index is 0.221. The smallest absolute Gasteiger partial charge is 0.219 e. The van der Waals surface area contributed by atoms with Gasteiger partial charge in [0, 0.05) is 11.5 Å². The molecule has 2 aliphatic rings. The highest BCUT2D eigenvalue weighted by Crippen LogP contribution is 2.66. The summed E-state index contributed by atoms with van der Waals surface area (Å²) in [5.41, 5.74) is 3.14. The molecule has 0 spiro atoms. The first kappa shape index (κ1) is 14.9. The highest BCUT2D eigenvalue weighted by atomic mass is 32.2. The molecule has 5 nitrogen and oxygen atoms in total. The first-order chi connectivity index (χ1) is 9.90. The number of anilines is 1. The number of nitrogens with two attached hydrogens (primary N) is 1. The Bertz CT molecular complexity index is 528. The Morgan fingerprint density at radius 2 is 2.14 bits per heavy atom. The zero-order chi connectivity index (χ0) is 15.3. The zero-order valence-corrected chi connectivity index (χ0v) is 14.0. The number of thioether (sulfide) groups is 1. The molecule has 0 amide bonds. The van der Waals surface area contributed by atoms with Gasteiger partial charge < -0.3 is 10.2 Å². The van der Waals surface area contributed by atoms with Crippen LogP contribution in [0, 0.1) is 16.7 Å². The van der Waals surface area contributed by atoms with Gasteiger partial charge in [-0.1, -0.05) is 32.5 Å². The van der Waals surface area contributed by atoms with Crippen molar-refractivity contribution in [2.45, 2.75) is 51.3 Å². The molecule has 1 heterocycles. The summed E-state index contributed by atoms with van der Waals surface area (Å²) in [6, 6.07) is 1.78. The Labute approximate surface area is 130 Å². The van der Waals surface area contributed by atoms with Crippen LogP contribution < -0.4 is 16.0 Å². The minimum absolute atomic E-state index is 0.221. The Kier molecular flexibility index (Phi) is 3.56. The van der Waals surface area contributed by atoms with Crippen molar-refractivity contribution in [2.75, 3.05) is 11.7 Å². The van der Waals surface area contributed by atoms with Gasteiger partial charge >= 0.3 is 0 Å². The molecule has 3 atom stereocenters. The first-order valence-electron chi connectivity index (χ1n) is 7.47. The molecule has 0 radical (unpaired) electrons. The highest BCUT2D eigenvalue weighted by molar-refractivity contribution is 7.98. The van der Waals surface area contributed by atoms with Gasteiger partial charge in [-0.05, 0) is 36.9 Å². The number of aromatic nitrogens is 2. The predicted molar refractivity (Wildman–Crippen MR) is 85.3 cm³/mol. The maximum Gasteiger partial charge on any atom is 0.219 e. The summed E-state index contributed by atoms with van der Waals surface area (Å²) in [7, 11) is 0. The minimum Gasteiger partial charge on any atom is -0.474 e. The van der Waals surface area contributed by atoms with Crippen molar-refractivity contribution in [1.29, 1.82) is 0 Å². The van der Waals surface area contributed by atoms with Crippen LogP contribution in [0.4, 0.5) is 5.82 Å². The van der Waals surface area contributed by atoms with E-state index in [9.17, 15) is 0 Å². The van der Waals surface area contributed by atoms with Crippen LogP contribution in [0.2, 0.25) is 0 Å². The van der Waals surface area contributed by atoms with Gasteiger partial charge in [0.2, 0.25) is 5.88 Å². The molecule has 1 aromatic heterocycles. The highest BCUT2D eigenvalue weighted by Gasteiger charge is 2.62. The summed E-state index contributed by atoms with van der Waals surface area (Å²) in [5, 5.41) is 0.674. The van der Waals surface area contributed by atoms with Crippen molar-refractivity contribution in [3.63, 3.8) is 0 Å². The lowest BCUT2D eigenvalue weighted by atomic mass is 9.70. The average Bonchev–Trinajstić information content (AvgIpc) is 2.80. The number of hydrazine groups is 1. The fourth-order valence-corrected chi connectivity index (χ4v) is 4.45. The van der Waals surface area contributed by atoms with Crippen LogP contribution in [0.3, 0.4) is 0 Å². The molecule has 2 aliphatic carbocycles. The van der Waals surface area contributed by atoms with Crippen LogP contribution in [0.15, 0.2) is 11.2 Å². The largest absolute Gasteiger partial charge is 0.474 e. The average molecular weight is 308 g/mol. The molecule has 6 heteroatoms. The molecular weight excluding hydrogens is 284 g/mol. The van der Waals surface area contributed by atoms with E-state index in [4.69, 9.17) is 10.6 Å². The van der Waals surface area contributed by atoms with E-state index in [-0.39, 0.29) is 11.5 Å². The van der Waals surface area contributed by atoms with Gasteiger partial charge in [0.15, 0.2) is 5.16 Å². The molecule has 3 N–H and O–H groups in total.